The van der Waals surface area contributed by atoms with Gasteiger partial charge in [-0.1, -0.05) is 0 Å². The summed E-state index contributed by atoms with van der Waals surface area (Å²) in [6.07, 6.45) is 2.41. The van der Waals surface area contributed by atoms with Gasteiger partial charge in [-0.25, -0.2) is 0 Å². The highest BCUT2D eigenvalue weighted by atomic mass is 16.7. The first kappa shape index (κ1) is 12.8. The van der Waals surface area contributed by atoms with Gasteiger partial charge >= 0.3 is 0 Å². The van der Waals surface area contributed by atoms with Gasteiger partial charge in [0.15, 0.2) is 0 Å². The highest BCUT2D eigenvalue weighted by Gasteiger charge is 2.20. The van der Waals surface area contributed by atoms with Gasteiger partial charge in [0.1, 0.15) is 0 Å². The minimum atomic E-state index is -0.821. The molecule has 0 bridgehead atoms. The molecule has 0 saturated carbocycles. The van der Waals surface area contributed by atoms with Gasteiger partial charge in [0, 0.05) is 31.2 Å². The topological polar surface area (TPSA) is 48.4 Å². The Morgan fingerprint density at radius 2 is 1.94 bits per heavy atom. The Morgan fingerprint density at radius 1 is 1.31 bits per heavy atom. The normalized spacial score (nSPS) is 10.8. The van der Waals surface area contributed by atoms with Crippen molar-refractivity contribution in [3.05, 3.63) is 29.6 Å². The Morgan fingerprint density at radius 3 is 2.44 bits per heavy atom. The van der Waals surface area contributed by atoms with E-state index in [4.69, 9.17) is 9.47 Å². The zero-order valence-electron chi connectivity index (χ0n) is 9.90. The monoisotopic (exact) mass is 223 g/mol. The molecule has 0 spiro atoms. The van der Waals surface area contributed by atoms with Crippen LogP contribution in [-0.2, 0) is 9.47 Å². The molecule has 1 rings (SSSR count). The Bertz CT molecular complexity index is 346. The predicted octanol–water partition coefficient (Wildman–Crippen LogP) is 1.97. The van der Waals surface area contributed by atoms with Crippen LogP contribution in [0.15, 0.2) is 18.5 Å². The summed E-state index contributed by atoms with van der Waals surface area (Å²) in [4.78, 5) is 16.0. The third-order valence-electron chi connectivity index (χ3n) is 2.01. The molecule has 0 aromatic carbocycles. The van der Waals surface area contributed by atoms with Crippen LogP contribution in [0.3, 0.4) is 0 Å². The van der Waals surface area contributed by atoms with E-state index in [9.17, 15) is 4.79 Å². The van der Waals surface area contributed by atoms with E-state index in [2.05, 4.69) is 4.98 Å². The first-order valence-electron chi connectivity index (χ1n) is 5.38. The number of ketones is 1. The number of aryl methyl sites for hydroxylation is 1. The number of carbonyl (C=O) groups is 1. The molecule has 0 saturated heterocycles. The lowest BCUT2D eigenvalue weighted by Crippen LogP contribution is -2.27. The Balaban J connectivity index is 2.81. The van der Waals surface area contributed by atoms with E-state index >= 15 is 0 Å². The molecule has 0 aliphatic rings. The van der Waals surface area contributed by atoms with Crippen LogP contribution < -0.4 is 0 Å². The maximum atomic E-state index is 12.0. The second kappa shape index (κ2) is 6.35. The lowest BCUT2D eigenvalue weighted by molar-refractivity contribution is -0.107. The molecule has 0 N–H and O–H groups in total. The average molecular weight is 223 g/mol. The SMILES string of the molecule is CCOC(OCC)C(=O)c1cncc(C)c1. The van der Waals surface area contributed by atoms with Gasteiger partial charge in [-0.15, -0.1) is 0 Å². The van der Waals surface area contributed by atoms with E-state index in [1.807, 2.05) is 20.8 Å². The van der Waals surface area contributed by atoms with Crippen LogP contribution in [0.1, 0.15) is 29.8 Å². The van der Waals surface area contributed by atoms with Crippen LogP contribution in [0.4, 0.5) is 0 Å². The predicted molar refractivity (Wildman–Crippen MR) is 60.3 cm³/mol. The molecule has 0 atom stereocenters. The van der Waals surface area contributed by atoms with Gasteiger partial charge in [-0.2, -0.15) is 0 Å². The van der Waals surface area contributed by atoms with Gasteiger partial charge in [0.2, 0.25) is 12.1 Å². The molecule has 0 amide bonds. The summed E-state index contributed by atoms with van der Waals surface area (Å²) >= 11 is 0. The quantitative estimate of drug-likeness (QED) is 0.546. The van der Waals surface area contributed by atoms with Crippen LogP contribution in [-0.4, -0.2) is 30.3 Å². The first-order chi connectivity index (χ1) is 7.69. The molecule has 0 aliphatic carbocycles. The number of hydrogen-bond acceptors (Lipinski definition) is 4. The summed E-state index contributed by atoms with van der Waals surface area (Å²) in [5.41, 5.74) is 1.46. The van der Waals surface area contributed by atoms with E-state index in [1.54, 1.807) is 12.3 Å². The summed E-state index contributed by atoms with van der Waals surface area (Å²) in [6, 6.07) is 1.78. The minimum Gasteiger partial charge on any atom is -0.346 e. The van der Waals surface area contributed by atoms with Crippen molar-refractivity contribution in [1.82, 2.24) is 4.98 Å². The maximum Gasteiger partial charge on any atom is 0.222 e. The average Bonchev–Trinajstić information content (AvgIpc) is 2.28. The smallest absolute Gasteiger partial charge is 0.222 e. The van der Waals surface area contributed by atoms with Crippen molar-refractivity contribution < 1.29 is 14.3 Å². The highest BCUT2D eigenvalue weighted by Crippen LogP contribution is 2.08. The molecule has 4 heteroatoms. The Kier molecular flexibility index (Phi) is 5.08. The van der Waals surface area contributed by atoms with Crippen molar-refractivity contribution in [3.63, 3.8) is 0 Å². The standard InChI is InChI=1S/C12H17NO3/c1-4-15-12(16-5-2)11(14)10-6-9(3)7-13-8-10/h6-8,12H,4-5H2,1-3H3. The fourth-order valence-corrected chi connectivity index (χ4v) is 1.33. The van der Waals surface area contributed by atoms with Gasteiger partial charge < -0.3 is 9.47 Å². The van der Waals surface area contributed by atoms with Crippen molar-refractivity contribution in [3.8, 4) is 0 Å². The summed E-state index contributed by atoms with van der Waals surface area (Å²) < 4.78 is 10.5. The Labute approximate surface area is 95.6 Å². The molecule has 16 heavy (non-hydrogen) atoms. The number of carbonyl (C=O) groups excluding carboxylic acids is 1. The zero-order valence-corrected chi connectivity index (χ0v) is 9.90. The number of aromatic nitrogens is 1. The van der Waals surface area contributed by atoms with Crippen LogP contribution in [0.5, 0.6) is 0 Å². The van der Waals surface area contributed by atoms with Crippen LogP contribution in [0, 0.1) is 6.92 Å². The molecule has 0 aliphatic heterocycles. The number of rotatable bonds is 6. The van der Waals surface area contributed by atoms with E-state index in [0.29, 0.717) is 18.8 Å². The molecule has 0 radical (unpaired) electrons. The van der Waals surface area contributed by atoms with Crippen LogP contribution in [0.25, 0.3) is 0 Å². The van der Waals surface area contributed by atoms with E-state index in [1.165, 1.54) is 6.20 Å². The highest BCUT2D eigenvalue weighted by molar-refractivity contribution is 5.98. The van der Waals surface area contributed by atoms with Crippen LogP contribution >= 0.6 is 0 Å². The molecule has 4 nitrogen and oxygen atoms in total. The lowest BCUT2D eigenvalue weighted by Gasteiger charge is -2.15. The molecule has 1 heterocycles. The van der Waals surface area contributed by atoms with Crippen LogP contribution in [0.2, 0.25) is 0 Å². The van der Waals surface area contributed by atoms with Crippen molar-refractivity contribution in [2.75, 3.05) is 13.2 Å². The fraction of sp³-hybridized carbons (Fsp3) is 0.500. The molecule has 0 fully saturated rings. The largest absolute Gasteiger partial charge is 0.346 e. The molecular formula is C12H17NO3. The molecule has 0 unspecified atom stereocenters. The summed E-state index contributed by atoms with van der Waals surface area (Å²) in [7, 11) is 0. The van der Waals surface area contributed by atoms with Crippen molar-refractivity contribution in [1.29, 1.82) is 0 Å². The second-order valence-electron chi connectivity index (χ2n) is 3.36. The minimum absolute atomic E-state index is 0.181. The van der Waals surface area contributed by atoms with Gasteiger partial charge in [0.25, 0.3) is 0 Å². The van der Waals surface area contributed by atoms with E-state index in [0.717, 1.165) is 5.56 Å². The van der Waals surface area contributed by atoms with E-state index < -0.39 is 6.29 Å². The summed E-state index contributed by atoms with van der Waals surface area (Å²) in [5, 5.41) is 0. The first-order valence-corrected chi connectivity index (χ1v) is 5.38. The van der Waals surface area contributed by atoms with Crippen molar-refractivity contribution in [2.45, 2.75) is 27.1 Å². The number of ether oxygens (including phenoxy) is 2. The number of hydrogen-bond donors (Lipinski definition) is 0. The third kappa shape index (κ3) is 3.40. The van der Waals surface area contributed by atoms with Crippen molar-refractivity contribution in [2.24, 2.45) is 0 Å². The molecular weight excluding hydrogens is 206 g/mol. The third-order valence-corrected chi connectivity index (χ3v) is 2.01. The van der Waals surface area contributed by atoms with Gasteiger partial charge in [-0.3, -0.25) is 9.78 Å². The molecule has 1 aromatic rings. The molecule has 88 valence electrons. The Hall–Kier alpha value is -1.26. The fourth-order valence-electron chi connectivity index (χ4n) is 1.33. The van der Waals surface area contributed by atoms with Crippen molar-refractivity contribution >= 4 is 5.78 Å². The number of pyridine rings is 1. The maximum absolute atomic E-state index is 12.0. The van der Waals surface area contributed by atoms with E-state index in [-0.39, 0.29) is 5.78 Å². The van der Waals surface area contributed by atoms with Gasteiger partial charge in [0.05, 0.1) is 0 Å². The zero-order chi connectivity index (χ0) is 12.0. The molecule has 1 aromatic heterocycles. The summed E-state index contributed by atoms with van der Waals surface area (Å²) in [6.45, 7) is 6.42. The number of nitrogens with zero attached hydrogens (tertiary/aromatic N) is 1. The second-order valence-corrected chi connectivity index (χ2v) is 3.36. The summed E-state index contributed by atoms with van der Waals surface area (Å²) in [5.74, 6) is -0.181. The van der Waals surface area contributed by atoms with Gasteiger partial charge in [-0.05, 0) is 32.4 Å². The number of Topliss-reactive ketones (excluding diaryl/α,β-unsaturated/α-hetero) is 1. The lowest BCUT2D eigenvalue weighted by atomic mass is 10.1.